The lowest BCUT2D eigenvalue weighted by atomic mass is 9.89. The second-order valence-electron chi connectivity index (χ2n) is 3.99. The van der Waals surface area contributed by atoms with Gasteiger partial charge in [-0.25, -0.2) is 0 Å². The third-order valence-electron chi connectivity index (χ3n) is 2.77. The Bertz CT molecular complexity index is 261. The molecular weight excluding hydrogens is 184 g/mol. The molecule has 1 atom stereocenters. The predicted octanol–water partition coefficient (Wildman–Crippen LogP) is -1.10. The third kappa shape index (κ3) is 1.87. The van der Waals surface area contributed by atoms with Gasteiger partial charge in [0.25, 0.3) is 0 Å². The number of rotatable bonds is 2. The van der Waals surface area contributed by atoms with Crippen molar-refractivity contribution in [3.05, 3.63) is 0 Å². The Morgan fingerprint density at radius 1 is 1.50 bits per heavy atom. The minimum atomic E-state index is -0.361. The summed E-state index contributed by atoms with van der Waals surface area (Å²) in [5, 5.41) is 14.4. The summed E-state index contributed by atoms with van der Waals surface area (Å²) in [5.74, 6) is -0.174. The SMILES string of the molecule is O=C1CC[C@@H](C(=O)NC2CC(O)C2)N1. The summed E-state index contributed by atoms with van der Waals surface area (Å²) in [5.41, 5.74) is 0. The number of aliphatic hydroxyl groups is 1. The summed E-state index contributed by atoms with van der Waals surface area (Å²) in [4.78, 5) is 22.3. The highest BCUT2D eigenvalue weighted by Gasteiger charge is 2.32. The van der Waals surface area contributed by atoms with Crippen LogP contribution in [0.25, 0.3) is 0 Å². The van der Waals surface area contributed by atoms with Gasteiger partial charge in [0.05, 0.1) is 6.10 Å². The summed E-state index contributed by atoms with van der Waals surface area (Å²) in [6.07, 6.45) is 2.02. The maximum absolute atomic E-state index is 11.5. The number of nitrogens with one attached hydrogen (secondary N) is 2. The molecule has 3 N–H and O–H groups in total. The number of amides is 2. The average molecular weight is 198 g/mol. The van der Waals surface area contributed by atoms with E-state index < -0.39 is 0 Å². The highest BCUT2D eigenvalue weighted by Crippen LogP contribution is 2.19. The van der Waals surface area contributed by atoms with Gasteiger partial charge < -0.3 is 15.7 Å². The molecule has 78 valence electrons. The predicted molar refractivity (Wildman–Crippen MR) is 48.3 cm³/mol. The molecule has 14 heavy (non-hydrogen) atoms. The van der Waals surface area contributed by atoms with Crippen LogP contribution in [0.4, 0.5) is 0 Å². The van der Waals surface area contributed by atoms with Gasteiger partial charge in [-0.15, -0.1) is 0 Å². The van der Waals surface area contributed by atoms with E-state index in [1.165, 1.54) is 0 Å². The quantitative estimate of drug-likeness (QED) is 0.527. The van der Waals surface area contributed by atoms with Gasteiger partial charge in [0.1, 0.15) is 6.04 Å². The Labute approximate surface area is 81.9 Å². The first kappa shape index (κ1) is 9.45. The van der Waals surface area contributed by atoms with E-state index in [4.69, 9.17) is 5.11 Å². The van der Waals surface area contributed by atoms with Crippen LogP contribution in [0, 0.1) is 0 Å². The van der Waals surface area contributed by atoms with Gasteiger partial charge in [-0.3, -0.25) is 9.59 Å². The van der Waals surface area contributed by atoms with Crippen molar-refractivity contribution in [1.82, 2.24) is 10.6 Å². The van der Waals surface area contributed by atoms with Crippen LogP contribution in [0.2, 0.25) is 0 Å². The summed E-state index contributed by atoms with van der Waals surface area (Å²) in [7, 11) is 0. The van der Waals surface area contributed by atoms with E-state index in [0.717, 1.165) is 0 Å². The van der Waals surface area contributed by atoms with Crippen molar-refractivity contribution in [1.29, 1.82) is 0 Å². The number of hydrogen-bond acceptors (Lipinski definition) is 3. The van der Waals surface area contributed by atoms with Crippen LogP contribution < -0.4 is 10.6 Å². The fourth-order valence-electron chi connectivity index (χ4n) is 1.82. The van der Waals surface area contributed by atoms with Crippen molar-refractivity contribution >= 4 is 11.8 Å². The minimum absolute atomic E-state index is 0.0567. The molecule has 0 unspecified atom stereocenters. The van der Waals surface area contributed by atoms with E-state index in [1.807, 2.05) is 0 Å². The van der Waals surface area contributed by atoms with Crippen molar-refractivity contribution in [2.75, 3.05) is 0 Å². The number of carbonyl (C=O) groups is 2. The summed E-state index contributed by atoms with van der Waals surface area (Å²) < 4.78 is 0. The molecule has 1 saturated carbocycles. The Morgan fingerprint density at radius 2 is 2.21 bits per heavy atom. The smallest absolute Gasteiger partial charge is 0.242 e. The number of hydrogen-bond donors (Lipinski definition) is 3. The summed E-state index contributed by atoms with van der Waals surface area (Å²) in [6, 6.07) is -0.268. The molecule has 0 aromatic carbocycles. The summed E-state index contributed by atoms with van der Waals surface area (Å²) in [6.45, 7) is 0. The molecule has 0 radical (unpaired) electrons. The van der Waals surface area contributed by atoms with Crippen LogP contribution in [-0.4, -0.2) is 35.1 Å². The number of aliphatic hydroxyl groups excluding tert-OH is 1. The zero-order chi connectivity index (χ0) is 10.1. The molecule has 5 heteroatoms. The lowest BCUT2D eigenvalue weighted by molar-refractivity contribution is -0.127. The monoisotopic (exact) mass is 198 g/mol. The van der Waals surface area contributed by atoms with E-state index in [-0.39, 0.29) is 30.0 Å². The van der Waals surface area contributed by atoms with Crippen LogP contribution in [0.15, 0.2) is 0 Å². The zero-order valence-electron chi connectivity index (χ0n) is 7.82. The number of carbonyl (C=O) groups excluding carboxylic acids is 2. The van der Waals surface area contributed by atoms with Crippen LogP contribution in [0.1, 0.15) is 25.7 Å². The van der Waals surface area contributed by atoms with Crippen molar-refractivity contribution in [3.63, 3.8) is 0 Å². The molecular formula is C9H14N2O3. The third-order valence-corrected chi connectivity index (χ3v) is 2.77. The van der Waals surface area contributed by atoms with Crippen LogP contribution in [-0.2, 0) is 9.59 Å². The molecule has 0 spiro atoms. The Morgan fingerprint density at radius 3 is 2.71 bits per heavy atom. The Kier molecular flexibility index (Phi) is 2.41. The first-order valence-corrected chi connectivity index (χ1v) is 4.93. The normalized spacial score (nSPS) is 36.1. The molecule has 5 nitrogen and oxygen atoms in total. The highest BCUT2D eigenvalue weighted by atomic mass is 16.3. The Balaban J connectivity index is 1.76. The van der Waals surface area contributed by atoms with Crippen LogP contribution >= 0.6 is 0 Å². The van der Waals surface area contributed by atoms with Crippen molar-refractivity contribution < 1.29 is 14.7 Å². The Hall–Kier alpha value is -1.10. The second-order valence-corrected chi connectivity index (χ2v) is 3.99. The van der Waals surface area contributed by atoms with Gasteiger partial charge in [-0.05, 0) is 19.3 Å². The molecule has 2 rings (SSSR count). The topological polar surface area (TPSA) is 78.4 Å². The van der Waals surface area contributed by atoms with Gasteiger partial charge in [0, 0.05) is 12.5 Å². The molecule has 0 aromatic heterocycles. The fraction of sp³-hybridized carbons (Fsp3) is 0.778. The largest absolute Gasteiger partial charge is 0.393 e. The second kappa shape index (κ2) is 3.57. The van der Waals surface area contributed by atoms with E-state index >= 15 is 0 Å². The van der Waals surface area contributed by atoms with E-state index in [0.29, 0.717) is 25.7 Å². The van der Waals surface area contributed by atoms with Crippen molar-refractivity contribution in [2.45, 2.75) is 43.9 Å². The molecule has 1 saturated heterocycles. The van der Waals surface area contributed by atoms with Gasteiger partial charge in [0.15, 0.2) is 0 Å². The van der Waals surface area contributed by atoms with Crippen molar-refractivity contribution in [3.8, 4) is 0 Å². The maximum Gasteiger partial charge on any atom is 0.242 e. The minimum Gasteiger partial charge on any atom is -0.393 e. The van der Waals surface area contributed by atoms with Crippen LogP contribution in [0.5, 0.6) is 0 Å². The summed E-state index contributed by atoms with van der Waals surface area (Å²) >= 11 is 0. The van der Waals surface area contributed by atoms with Gasteiger partial charge in [-0.2, -0.15) is 0 Å². The van der Waals surface area contributed by atoms with Crippen LogP contribution in [0.3, 0.4) is 0 Å². The molecule has 2 aliphatic rings. The van der Waals surface area contributed by atoms with E-state index in [2.05, 4.69) is 10.6 Å². The van der Waals surface area contributed by atoms with Gasteiger partial charge in [0.2, 0.25) is 11.8 Å². The average Bonchev–Trinajstić information content (AvgIpc) is 2.49. The first-order chi connectivity index (χ1) is 6.65. The van der Waals surface area contributed by atoms with Crippen molar-refractivity contribution in [2.24, 2.45) is 0 Å². The highest BCUT2D eigenvalue weighted by molar-refractivity contribution is 5.90. The van der Waals surface area contributed by atoms with Gasteiger partial charge in [-0.1, -0.05) is 0 Å². The lowest BCUT2D eigenvalue weighted by Gasteiger charge is -2.32. The zero-order valence-corrected chi connectivity index (χ0v) is 7.82. The van der Waals surface area contributed by atoms with E-state index in [1.54, 1.807) is 0 Å². The molecule has 2 amide bonds. The molecule has 2 fully saturated rings. The molecule has 1 heterocycles. The molecule has 0 aromatic rings. The molecule has 0 bridgehead atoms. The molecule has 1 aliphatic carbocycles. The lowest BCUT2D eigenvalue weighted by Crippen LogP contribution is -2.51. The van der Waals surface area contributed by atoms with Gasteiger partial charge >= 0.3 is 0 Å². The standard InChI is InChI=1S/C9H14N2O3/c12-6-3-5(4-6)10-9(14)7-1-2-8(13)11-7/h5-7,12H,1-4H2,(H,10,14)(H,11,13)/t5?,6?,7-/m0/s1. The maximum atomic E-state index is 11.5. The van der Waals surface area contributed by atoms with E-state index in [9.17, 15) is 9.59 Å². The first-order valence-electron chi connectivity index (χ1n) is 4.93. The fourth-order valence-corrected chi connectivity index (χ4v) is 1.82. The molecule has 1 aliphatic heterocycles.